The topological polar surface area (TPSA) is 174 Å². The predicted octanol–water partition coefficient (Wildman–Crippen LogP) is 1.42. The third-order valence-electron chi connectivity index (χ3n) is 6.91. The van der Waals surface area contributed by atoms with Crippen molar-refractivity contribution in [1.29, 1.82) is 0 Å². The van der Waals surface area contributed by atoms with Gasteiger partial charge < -0.3 is 30.1 Å². The minimum absolute atomic E-state index is 0. The molecular formula is C25H28ClN3O8. The number of benzene rings is 1. The van der Waals surface area contributed by atoms with Crippen LogP contribution in [0.1, 0.15) is 48.1 Å². The van der Waals surface area contributed by atoms with Gasteiger partial charge in [0.15, 0.2) is 5.60 Å². The fraction of sp³-hybridized carbons (Fsp3) is 0.360. The molecule has 1 atom stereocenters. The van der Waals surface area contributed by atoms with Gasteiger partial charge in [-0.25, -0.2) is 9.78 Å². The van der Waals surface area contributed by atoms with Crippen LogP contribution in [0.3, 0.4) is 0 Å². The van der Waals surface area contributed by atoms with Crippen molar-refractivity contribution in [3.05, 3.63) is 56.4 Å². The summed E-state index contributed by atoms with van der Waals surface area (Å²) in [4.78, 5) is 41.7. The van der Waals surface area contributed by atoms with E-state index in [2.05, 4.69) is 4.90 Å². The van der Waals surface area contributed by atoms with Gasteiger partial charge in [-0.3, -0.25) is 14.5 Å². The number of aromatic hydroxyl groups is 1. The van der Waals surface area contributed by atoms with Crippen LogP contribution in [-0.4, -0.2) is 54.2 Å². The molecule has 3 aliphatic rings. The normalized spacial score (nSPS) is 18.8. The van der Waals surface area contributed by atoms with Crippen molar-refractivity contribution in [3.8, 4) is 17.1 Å². The van der Waals surface area contributed by atoms with Gasteiger partial charge in [0, 0.05) is 42.1 Å². The summed E-state index contributed by atoms with van der Waals surface area (Å²) in [5.74, 6) is -1.32. The molecule has 198 valence electrons. The van der Waals surface area contributed by atoms with Crippen molar-refractivity contribution in [1.82, 2.24) is 14.5 Å². The van der Waals surface area contributed by atoms with Gasteiger partial charge in [-0.05, 0) is 37.2 Å². The van der Waals surface area contributed by atoms with Crippen molar-refractivity contribution in [3.63, 3.8) is 0 Å². The van der Waals surface area contributed by atoms with Gasteiger partial charge in [0.1, 0.15) is 12.4 Å². The number of cyclic esters (lactones) is 1. The van der Waals surface area contributed by atoms with E-state index in [0.29, 0.717) is 42.1 Å². The number of hydrogen-bond donors (Lipinski definition) is 3. The quantitative estimate of drug-likeness (QED) is 0.306. The third-order valence-corrected chi connectivity index (χ3v) is 6.91. The summed E-state index contributed by atoms with van der Waals surface area (Å²) in [5.41, 5.74) is 3.41. The maximum atomic E-state index is 13.4. The number of nitrogens with zero attached hydrogens (tertiary/aromatic N) is 3. The summed E-state index contributed by atoms with van der Waals surface area (Å²) in [6.45, 7) is 4.29. The van der Waals surface area contributed by atoms with Crippen LogP contribution in [0.4, 0.5) is 0 Å². The molecule has 0 radical (unpaired) electrons. The number of rotatable bonds is 1. The standard InChI is InChI=1S/C23H21N3O5.C2H4O2.ClH.H2O/c1-3-23(30)15-6-17-20-12(9-26(17)21(28)14(15)10-31-22(23)29)11-7-25(2)8-13-18(27)5-4-16(24-20)19(11)13;1-2(3)4;;/h4-6,27,30H,3,7-10H2,1-2H3;1H3,(H,3,4);1H;1H2/t23-;;;/m0.../s1. The van der Waals surface area contributed by atoms with E-state index in [1.54, 1.807) is 29.7 Å². The summed E-state index contributed by atoms with van der Waals surface area (Å²) >= 11 is 0. The zero-order valence-corrected chi connectivity index (χ0v) is 21.3. The average Bonchev–Trinajstić information content (AvgIpc) is 3.18. The van der Waals surface area contributed by atoms with Gasteiger partial charge in [0.05, 0.1) is 29.0 Å². The zero-order chi connectivity index (χ0) is 25.2. The molecule has 0 spiro atoms. The van der Waals surface area contributed by atoms with Crippen molar-refractivity contribution in [2.24, 2.45) is 0 Å². The van der Waals surface area contributed by atoms with E-state index in [0.717, 1.165) is 34.5 Å². The van der Waals surface area contributed by atoms with Gasteiger partial charge in [-0.2, -0.15) is 0 Å². The molecule has 5 heterocycles. The number of aliphatic hydroxyl groups is 1. The van der Waals surface area contributed by atoms with Gasteiger partial charge >= 0.3 is 5.97 Å². The first-order valence-corrected chi connectivity index (χ1v) is 11.3. The van der Waals surface area contributed by atoms with Gasteiger partial charge in [-0.1, -0.05) is 6.92 Å². The summed E-state index contributed by atoms with van der Waals surface area (Å²) in [5, 5.41) is 29.8. The van der Waals surface area contributed by atoms with E-state index >= 15 is 0 Å². The molecule has 1 aromatic carbocycles. The van der Waals surface area contributed by atoms with E-state index in [1.807, 2.05) is 7.05 Å². The number of carbonyl (C=O) groups excluding carboxylic acids is 1. The Labute approximate surface area is 217 Å². The number of carboxylic acid groups (broad SMARTS) is 1. The van der Waals surface area contributed by atoms with Crippen LogP contribution >= 0.6 is 12.4 Å². The number of ether oxygens (including phenoxy) is 1. The average molecular weight is 534 g/mol. The Hall–Kier alpha value is -3.51. The Bertz CT molecular complexity index is 1500. The summed E-state index contributed by atoms with van der Waals surface area (Å²) < 4.78 is 6.78. The Morgan fingerprint density at radius 1 is 1.14 bits per heavy atom. The molecular weight excluding hydrogens is 506 g/mol. The van der Waals surface area contributed by atoms with E-state index < -0.39 is 17.5 Å². The smallest absolute Gasteiger partial charge is 0.343 e. The van der Waals surface area contributed by atoms with Gasteiger partial charge in [0.25, 0.3) is 11.5 Å². The molecule has 0 bridgehead atoms. The molecule has 5 N–H and O–H groups in total. The Morgan fingerprint density at radius 3 is 2.43 bits per heavy atom. The number of carboxylic acids is 1. The molecule has 3 aromatic rings. The maximum absolute atomic E-state index is 13.4. The van der Waals surface area contributed by atoms with Crippen LogP contribution in [0.25, 0.3) is 22.3 Å². The Morgan fingerprint density at radius 2 is 1.78 bits per heavy atom. The molecule has 2 aromatic heterocycles. The lowest BCUT2D eigenvalue weighted by atomic mass is 9.86. The van der Waals surface area contributed by atoms with E-state index in [4.69, 9.17) is 19.6 Å². The van der Waals surface area contributed by atoms with Crippen molar-refractivity contribution < 1.29 is 35.1 Å². The lowest BCUT2D eigenvalue weighted by molar-refractivity contribution is -0.172. The van der Waals surface area contributed by atoms with Crippen LogP contribution in [0.5, 0.6) is 5.75 Å². The van der Waals surface area contributed by atoms with Crippen LogP contribution in [0, 0.1) is 0 Å². The highest BCUT2D eigenvalue weighted by Crippen LogP contribution is 2.43. The second-order valence-electron chi connectivity index (χ2n) is 9.17. The third kappa shape index (κ3) is 4.13. The first-order chi connectivity index (χ1) is 16.6. The maximum Gasteiger partial charge on any atom is 0.343 e. The largest absolute Gasteiger partial charge is 0.508 e. The monoisotopic (exact) mass is 533 g/mol. The van der Waals surface area contributed by atoms with Crippen LogP contribution < -0.4 is 5.56 Å². The van der Waals surface area contributed by atoms with Gasteiger partial charge in [-0.15, -0.1) is 12.4 Å². The lowest BCUT2D eigenvalue weighted by Gasteiger charge is -2.31. The number of aromatic nitrogens is 2. The number of halogens is 1. The number of phenolic OH excluding ortho intramolecular Hbond substituents is 1. The zero-order valence-electron chi connectivity index (χ0n) is 20.5. The van der Waals surface area contributed by atoms with Crippen LogP contribution in [0.15, 0.2) is 23.0 Å². The molecule has 3 aliphatic heterocycles. The van der Waals surface area contributed by atoms with Crippen LogP contribution in [0.2, 0.25) is 0 Å². The number of fused-ring (bicyclic) bond motifs is 5. The second-order valence-corrected chi connectivity index (χ2v) is 9.17. The molecule has 11 nitrogen and oxygen atoms in total. The lowest BCUT2D eigenvalue weighted by Crippen LogP contribution is -2.44. The molecule has 0 unspecified atom stereocenters. The first kappa shape index (κ1) is 28.1. The summed E-state index contributed by atoms with van der Waals surface area (Å²) in [6.07, 6.45) is 0.110. The minimum Gasteiger partial charge on any atom is -0.508 e. The molecule has 6 rings (SSSR count). The molecule has 0 fully saturated rings. The minimum atomic E-state index is -1.84. The second kappa shape index (κ2) is 9.75. The predicted molar refractivity (Wildman–Crippen MR) is 136 cm³/mol. The van der Waals surface area contributed by atoms with E-state index in [9.17, 15) is 19.8 Å². The number of aliphatic carboxylic acids is 1. The summed E-state index contributed by atoms with van der Waals surface area (Å²) in [6, 6.07) is 5.18. The Balaban J connectivity index is 0.000000594. The number of phenols is 1. The number of pyridine rings is 2. The number of esters is 1. The first-order valence-electron chi connectivity index (χ1n) is 11.3. The van der Waals surface area contributed by atoms with E-state index in [-0.39, 0.29) is 42.2 Å². The molecule has 0 saturated heterocycles. The highest BCUT2D eigenvalue weighted by atomic mass is 35.5. The van der Waals surface area contributed by atoms with Crippen molar-refractivity contribution >= 4 is 35.2 Å². The fourth-order valence-corrected chi connectivity index (χ4v) is 5.26. The van der Waals surface area contributed by atoms with E-state index in [1.165, 1.54) is 0 Å². The SMILES string of the molecule is CC(=O)O.CC[C@@]1(O)C(=O)OCc2c1cc1n(c2=O)Cc2c-1nc1ccc(O)c3c1c2CN(C)C3.Cl.O. The Kier molecular flexibility index (Phi) is 7.39. The molecule has 12 heteroatoms. The molecule has 0 saturated carbocycles. The highest BCUT2D eigenvalue weighted by molar-refractivity contribution is 5.93. The number of hydrogen-bond acceptors (Lipinski definition) is 8. The van der Waals surface area contributed by atoms with Crippen molar-refractivity contribution in [2.45, 2.75) is 52.1 Å². The van der Waals surface area contributed by atoms with Crippen LogP contribution in [-0.2, 0) is 46.2 Å². The number of carbonyl (C=O) groups is 2. The molecule has 37 heavy (non-hydrogen) atoms. The molecule has 0 amide bonds. The molecule has 0 aliphatic carbocycles. The van der Waals surface area contributed by atoms with Crippen molar-refractivity contribution in [2.75, 3.05) is 7.05 Å². The fourth-order valence-electron chi connectivity index (χ4n) is 5.26. The summed E-state index contributed by atoms with van der Waals surface area (Å²) in [7, 11) is 1.99. The van der Waals surface area contributed by atoms with Gasteiger partial charge in [0.2, 0.25) is 0 Å². The highest BCUT2D eigenvalue weighted by Gasteiger charge is 2.45.